The summed E-state index contributed by atoms with van der Waals surface area (Å²) in [6.07, 6.45) is 0.0177. The zero-order valence-corrected chi connectivity index (χ0v) is 9.75. The Kier molecular flexibility index (Phi) is 3.26. The molecule has 0 saturated carbocycles. The van der Waals surface area contributed by atoms with Crippen molar-refractivity contribution in [1.29, 1.82) is 0 Å². The van der Waals surface area contributed by atoms with E-state index in [0.717, 1.165) is 4.90 Å². The molecule has 1 aromatic rings. The van der Waals surface area contributed by atoms with E-state index in [1.54, 1.807) is 36.3 Å². The van der Waals surface area contributed by atoms with Gasteiger partial charge in [0.05, 0.1) is 13.5 Å². The number of amides is 1. The molecule has 1 aromatic carbocycles. The van der Waals surface area contributed by atoms with Gasteiger partial charge in [-0.15, -0.1) is 0 Å². The number of likely N-dealkylation sites (tertiary alicyclic amines) is 1. The third kappa shape index (κ3) is 1.92. The molecule has 5 heteroatoms. The van der Waals surface area contributed by atoms with Crippen molar-refractivity contribution in [2.45, 2.75) is 12.5 Å². The van der Waals surface area contributed by atoms with Gasteiger partial charge in [-0.3, -0.25) is 9.69 Å². The Morgan fingerprint density at radius 1 is 1.39 bits per heavy atom. The summed E-state index contributed by atoms with van der Waals surface area (Å²) in [7, 11) is 1.24. The van der Waals surface area contributed by atoms with Crippen molar-refractivity contribution in [3.05, 3.63) is 41.6 Å². The molecular weight excluding hydrogens is 234 g/mol. The van der Waals surface area contributed by atoms with E-state index < -0.39 is 12.0 Å². The first-order valence-electron chi connectivity index (χ1n) is 5.38. The van der Waals surface area contributed by atoms with Crippen molar-refractivity contribution in [2.75, 3.05) is 7.11 Å². The van der Waals surface area contributed by atoms with E-state index in [2.05, 4.69) is 4.74 Å². The van der Waals surface area contributed by atoms with E-state index in [9.17, 15) is 14.4 Å². The van der Waals surface area contributed by atoms with Crippen LogP contribution < -0.4 is 0 Å². The van der Waals surface area contributed by atoms with Gasteiger partial charge in [0, 0.05) is 0 Å². The number of hydrogen-bond acceptors (Lipinski definition) is 4. The molecule has 0 radical (unpaired) electrons. The summed E-state index contributed by atoms with van der Waals surface area (Å²) >= 11 is 0. The Labute approximate surface area is 104 Å². The third-order valence-electron chi connectivity index (χ3n) is 2.79. The SMILES string of the molecule is COC(=O)C(c1ccccc1)N1C(=O)CC1=C=O. The first-order chi connectivity index (χ1) is 8.69. The van der Waals surface area contributed by atoms with Crippen molar-refractivity contribution < 1.29 is 19.1 Å². The van der Waals surface area contributed by atoms with E-state index in [0.29, 0.717) is 5.56 Å². The number of benzene rings is 1. The van der Waals surface area contributed by atoms with Gasteiger partial charge in [-0.2, -0.15) is 0 Å². The van der Waals surface area contributed by atoms with Crippen LogP contribution >= 0.6 is 0 Å². The van der Waals surface area contributed by atoms with Crippen molar-refractivity contribution >= 4 is 17.8 Å². The maximum Gasteiger partial charge on any atom is 0.333 e. The monoisotopic (exact) mass is 245 g/mol. The van der Waals surface area contributed by atoms with Gasteiger partial charge in [0.2, 0.25) is 5.91 Å². The molecule has 1 heterocycles. The summed E-state index contributed by atoms with van der Waals surface area (Å²) in [5.41, 5.74) is 0.782. The number of methoxy groups -OCH3 is 1. The number of nitrogens with zero attached hydrogens (tertiary/aromatic N) is 1. The van der Waals surface area contributed by atoms with Gasteiger partial charge in [-0.1, -0.05) is 30.3 Å². The first-order valence-corrected chi connectivity index (χ1v) is 5.38. The number of carbonyl (C=O) groups is 2. The largest absolute Gasteiger partial charge is 0.467 e. The lowest BCUT2D eigenvalue weighted by molar-refractivity contribution is -0.155. The molecule has 1 fully saturated rings. The van der Waals surface area contributed by atoms with Gasteiger partial charge in [0.15, 0.2) is 6.04 Å². The molecule has 0 bridgehead atoms. The van der Waals surface area contributed by atoms with Crippen LogP contribution in [0.2, 0.25) is 0 Å². The molecule has 1 atom stereocenters. The van der Waals surface area contributed by atoms with Crippen LogP contribution in [0.25, 0.3) is 0 Å². The van der Waals surface area contributed by atoms with Crippen LogP contribution in [0, 0.1) is 0 Å². The number of carbonyl (C=O) groups excluding carboxylic acids is 3. The number of ether oxygens (including phenoxy) is 1. The highest BCUT2D eigenvalue weighted by atomic mass is 16.5. The maximum absolute atomic E-state index is 11.8. The molecule has 0 aliphatic carbocycles. The van der Waals surface area contributed by atoms with Crippen LogP contribution in [0.5, 0.6) is 0 Å². The Morgan fingerprint density at radius 2 is 2.06 bits per heavy atom. The van der Waals surface area contributed by atoms with Crippen molar-refractivity contribution in [3.8, 4) is 0 Å². The van der Waals surface area contributed by atoms with Gasteiger partial charge in [0.25, 0.3) is 0 Å². The fourth-order valence-electron chi connectivity index (χ4n) is 1.90. The minimum Gasteiger partial charge on any atom is -0.467 e. The predicted octanol–water partition coefficient (Wildman–Crippen LogP) is 0.848. The van der Waals surface area contributed by atoms with Crippen LogP contribution in [-0.4, -0.2) is 29.8 Å². The molecule has 1 amide bonds. The standard InChI is InChI=1S/C13H11NO4/c1-18-13(17)12(9-5-3-2-4-6-9)14-10(8-15)7-11(14)16/h2-6,12H,7H2,1H3. The molecule has 92 valence electrons. The summed E-state index contributed by atoms with van der Waals surface area (Å²) in [5.74, 6) is 0.809. The van der Waals surface area contributed by atoms with E-state index in [4.69, 9.17) is 0 Å². The van der Waals surface area contributed by atoms with Gasteiger partial charge >= 0.3 is 5.97 Å². The Hall–Kier alpha value is -2.39. The lowest BCUT2D eigenvalue weighted by atomic mass is 9.99. The maximum atomic E-state index is 11.8. The average Bonchev–Trinajstić information content (AvgIpc) is 2.41. The number of hydrogen-bond donors (Lipinski definition) is 0. The summed E-state index contributed by atoms with van der Waals surface area (Å²) < 4.78 is 4.69. The quantitative estimate of drug-likeness (QED) is 0.450. The van der Waals surface area contributed by atoms with E-state index >= 15 is 0 Å². The fraction of sp³-hybridized carbons (Fsp3) is 0.231. The molecular formula is C13H11NO4. The molecule has 5 nitrogen and oxygen atoms in total. The third-order valence-corrected chi connectivity index (χ3v) is 2.79. The minimum absolute atomic E-state index is 0.0177. The second kappa shape index (κ2) is 4.85. The van der Waals surface area contributed by atoms with Crippen LogP contribution in [-0.2, 0) is 19.1 Å². The van der Waals surface area contributed by atoms with Crippen LogP contribution in [0.1, 0.15) is 18.0 Å². The predicted molar refractivity (Wildman–Crippen MR) is 61.9 cm³/mol. The van der Waals surface area contributed by atoms with Crippen LogP contribution in [0.4, 0.5) is 0 Å². The van der Waals surface area contributed by atoms with Crippen molar-refractivity contribution in [3.63, 3.8) is 0 Å². The highest BCUT2D eigenvalue weighted by Crippen LogP contribution is 2.33. The van der Waals surface area contributed by atoms with E-state index in [1.807, 2.05) is 0 Å². The summed E-state index contributed by atoms with van der Waals surface area (Å²) in [6.45, 7) is 0. The Morgan fingerprint density at radius 3 is 2.56 bits per heavy atom. The normalized spacial score (nSPS) is 15.7. The van der Waals surface area contributed by atoms with Gasteiger partial charge < -0.3 is 4.74 Å². The van der Waals surface area contributed by atoms with Crippen LogP contribution in [0.15, 0.2) is 36.0 Å². The smallest absolute Gasteiger partial charge is 0.333 e. The Bertz CT molecular complexity index is 531. The van der Waals surface area contributed by atoms with Gasteiger partial charge in [-0.05, 0) is 5.56 Å². The molecule has 18 heavy (non-hydrogen) atoms. The van der Waals surface area contributed by atoms with E-state index in [1.165, 1.54) is 7.11 Å². The lowest BCUT2D eigenvalue weighted by Crippen LogP contribution is -2.47. The summed E-state index contributed by atoms with van der Waals surface area (Å²) in [6, 6.07) is 7.80. The molecule has 1 saturated heterocycles. The summed E-state index contributed by atoms with van der Waals surface area (Å²) in [4.78, 5) is 35.2. The van der Waals surface area contributed by atoms with E-state index in [-0.39, 0.29) is 18.0 Å². The average molecular weight is 245 g/mol. The zero-order valence-electron chi connectivity index (χ0n) is 9.75. The summed E-state index contributed by atoms with van der Waals surface area (Å²) in [5, 5.41) is 0. The molecule has 0 N–H and O–H groups in total. The Balaban J connectivity index is 2.41. The van der Waals surface area contributed by atoms with Crippen molar-refractivity contribution in [1.82, 2.24) is 4.90 Å². The minimum atomic E-state index is -0.908. The first kappa shape index (κ1) is 12.1. The van der Waals surface area contributed by atoms with Gasteiger partial charge in [-0.25, -0.2) is 9.59 Å². The van der Waals surface area contributed by atoms with Crippen molar-refractivity contribution in [2.24, 2.45) is 0 Å². The number of β-lactam (4-membered cyclic amide) rings is 1. The molecule has 1 aliphatic heterocycles. The highest BCUT2D eigenvalue weighted by Gasteiger charge is 2.42. The second-order valence-corrected chi connectivity index (χ2v) is 3.83. The lowest BCUT2D eigenvalue weighted by Gasteiger charge is -2.36. The molecule has 1 aliphatic rings. The molecule has 0 aromatic heterocycles. The fourth-order valence-corrected chi connectivity index (χ4v) is 1.90. The zero-order chi connectivity index (χ0) is 13.1. The molecule has 1 unspecified atom stereocenters. The number of esters is 1. The highest BCUT2D eigenvalue weighted by molar-refractivity contribution is 5.96. The van der Waals surface area contributed by atoms with Gasteiger partial charge in [0.1, 0.15) is 11.6 Å². The molecule has 2 rings (SSSR count). The second-order valence-electron chi connectivity index (χ2n) is 3.83. The van der Waals surface area contributed by atoms with Crippen LogP contribution in [0.3, 0.4) is 0 Å². The molecule has 0 spiro atoms. The number of rotatable bonds is 3. The topological polar surface area (TPSA) is 63.7 Å².